The number of hydrogen-bond donors (Lipinski definition) is 2. The van der Waals surface area contributed by atoms with Crippen LogP contribution in [0.4, 0.5) is 0 Å². The van der Waals surface area contributed by atoms with E-state index in [4.69, 9.17) is 5.26 Å². The van der Waals surface area contributed by atoms with Crippen LogP contribution >= 0.6 is 0 Å². The van der Waals surface area contributed by atoms with E-state index in [9.17, 15) is 9.59 Å². The van der Waals surface area contributed by atoms with Gasteiger partial charge in [-0.3, -0.25) is 9.59 Å². The second-order valence-corrected chi connectivity index (χ2v) is 4.19. The van der Waals surface area contributed by atoms with E-state index in [1.165, 1.54) is 12.3 Å². The monoisotopic (exact) mass is 231 g/mol. The van der Waals surface area contributed by atoms with Crippen molar-refractivity contribution in [1.82, 2.24) is 10.3 Å². The molecule has 17 heavy (non-hydrogen) atoms. The molecule has 5 nitrogen and oxygen atoms in total. The molecule has 88 valence electrons. The molecule has 1 fully saturated rings. The van der Waals surface area contributed by atoms with Crippen molar-refractivity contribution in [2.75, 3.05) is 0 Å². The van der Waals surface area contributed by atoms with Crippen LogP contribution in [0.3, 0.4) is 0 Å². The Balaban J connectivity index is 2.07. The molecular weight excluding hydrogens is 218 g/mol. The van der Waals surface area contributed by atoms with Gasteiger partial charge in [-0.05, 0) is 25.3 Å². The fourth-order valence-electron chi connectivity index (χ4n) is 2.12. The van der Waals surface area contributed by atoms with Crippen LogP contribution in [-0.2, 0) is 0 Å². The first-order valence-corrected chi connectivity index (χ1v) is 5.60. The number of carbonyl (C=O) groups is 1. The lowest BCUT2D eigenvalue weighted by molar-refractivity contribution is 0.0932. The number of rotatable bonds is 2. The summed E-state index contributed by atoms with van der Waals surface area (Å²) in [7, 11) is 0. The van der Waals surface area contributed by atoms with E-state index < -0.39 is 0 Å². The SMILES string of the molecule is N#CC1CCCC1NC(=O)c1cc[nH]c(=O)c1. The van der Waals surface area contributed by atoms with Gasteiger partial charge in [0.1, 0.15) is 0 Å². The van der Waals surface area contributed by atoms with E-state index in [1.807, 2.05) is 0 Å². The zero-order chi connectivity index (χ0) is 12.3. The van der Waals surface area contributed by atoms with Crippen molar-refractivity contribution in [2.45, 2.75) is 25.3 Å². The molecule has 2 rings (SSSR count). The van der Waals surface area contributed by atoms with Crippen LogP contribution in [0.5, 0.6) is 0 Å². The number of aromatic nitrogens is 1. The van der Waals surface area contributed by atoms with Crippen molar-refractivity contribution >= 4 is 5.91 Å². The lowest BCUT2D eigenvalue weighted by Crippen LogP contribution is -2.37. The minimum atomic E-state index is -0.305. The van der Waals surface area contributed by atoms with Crippen molar-refractivity contribution in [3.05, 3.63) is 34.2 Å². The summed E-state index contributed by atoms with van der Waals surface area (Å²) in [6.45, 7) is 0. The normalized spacial score (nSPS) is 23.0. The van der Waals surface area contributed by atoms with Crippen LogP contribution in [0.25, 0.3) is 0 Å². The summed E-state index contributed by atoms with van der Waals surface area (Å²) in [4.78, 5) is 25.4. The molecule has 0 radical (unpaired) electrons. The Morgan fingerprint density at radius 3 is 3.06 bits per heavy atom. The van der Waals surface area contributed by atoms with Gasteiger partial charge in [0.2, 0.25) is 5.56 Å². The molecule has 0 bridgehead atoms. The molecule has 0 aromatic carbocycles. The predicted molar refractivity (Wildman–Crippen MR) is 61.3 cm³/mol. The summed E-state index contributed by atoms with van der Waals surface area (Å²) in [6, 6.07) is 4.91. The maximum atomic E-state index is 11.8. The van der Waals surface area contributed by atoms with E-state index in [2.05, 4.69) is 16.4 Å². The van der Waals surface area contributed by atoms with E-state index in [0.29, 0.717) is 5.56 Å². The Hall–Kier alpha value is -2.09. The number of hydrogen-bond acceptors (Lipinski definition) is 3. The molecular formula is C12H13N3O2. The summed E-state index contributed by atoms with van der Waals surface area (Å²) in [5.41, 5.74) is 0.0262. The molecule has 0 spiro atoms. The average molecular weight is 231 g/mol. The van der Waals surface area contributed by atoms with Crippen molar-refractivity contribution in [3.8, 4) is 6.07 Å². The molecule has 1 aliphatic carbocycles. The van der Waals surface area contributed by atoms with Crippen molar-refractivity contribution in [1.29, 1.82) is 5.26 Å². The molecule has 0 saturated heterocycles. The van der Waals surface area contributed by atoms with Gasteiger partial charge in [0.15, 0.2) is 0 Å². The quantitative estimate of drug-likeness (QED) is 0.789. The van der Waals surface area contributed by atoms with Gasteiger partial charge in [-0.1, -0.05) is 0 Å². The molecule has 1 saturated carbocycles. The van der Waals surface area contributed by atoms with Crippen LogP contribution in [-0.4, -0.2) is 16.9 Å². The molecule has 1 aromatic rings. The summed E-state index contributed by atoms with van der Waals surface area (Å²) < 4.78 is 0. The van der Waals surface area contributed by atoms with Gasteiger partial charge in [-0.15, -0.1) is 0 Å². The standard InChI is InChI=1S/C12H13N3O2/c13-7-9-2-1-3-10(9)15-12(17)8-4-5-14-11(16)6-8/h4-6,9-10H,1-3H2,(H,14,16)(H,15,17). The molecule has 2 unspecified atom stereocenters. The first kappa shape index (κ1) is 11.4. The van der Waals surface area contributed by atoms with Gasteiger partial charge in [0.25, 0.3) is 5.91 Å². The second kappa shape index (κ2) is 4.83. The predicted octanol–water partition coefficient (Wildman–Crippen LogP) is 0.797. The molecule has 5 heteroatoms. The van der Waals surface area contributed by atoms with Crippen LogP contribution in [0.2, 0.25) is 0 Å². The summed E-state index contributed by atoms with van der Waals surface area (Å²) in [6.07, 6.45) is 4.05. The lowest BCUT2D eigenvalue weighted by atomic mass is 10.1. The average Bonchev–Trinajstić information content (AvgIpc) is 2.76. The minimum Gasteiger partial charge on any atom is -0.348 e. The van der Waals surface area contributed by atoms with Crippen molar-refractivity contribution < 1.29 is 4.79 Å². The first-order valence-electron chi connectivity index (χ1n) is 5.60. The maximum absolute atomic E-state index is 11.8. The zero-order valence-electron chi connectivity index (χ0n) is 9.27. The van der Waals surface area contributed by atoms with E-state index in [1.54, 1.807) is 6.07 Å². The highest BCUT2D eigenvalue weighted by atomic mass is 16.2. The topological polar surface area (TPSA) is 85.8 Å². The fourth-order valence-corrected chi connectivity index (χ4v) is 2.12. The fraction of sp³-hybridized carbons (Fsp3) is 0.417. The summed E-state index contributed by atoms with van der Waals surface area (Å²) in [5, 5.41) is 11.7. The number of nitriles is 1. The molecule has 0 aliphatic heterocycles. The molecule has 1 amide bonds. The lowest BCUT2D eigenvalue weighted by Gasteiger charge is -2.15. The highest BCUT2D eigenvalue weighted by Gasteiger charge is 2.28. The van der Waals surface area contributed by atoms with Gasteiger partial charge in [0, 0.05) is 23.9 Å². The number of nitrogens with one attached hydrogen (secondary N) is 2. The highest BCUT2D eigenvalue weighted by Crippen LogP contribution is 2.24. The van der Waals surface area contributed by atoms with E-state index in [0.717, 1.165) is 19.3 Å². The van der Waals surface area contributed by atoms with Gasteiger partial charge in [-0.2, -0.15) is 5.26 Å². The molecule has 2 atom stereocenters. The Morgan fingerprint density at radius 2 is 2.35 bits per heavy atom. The van der Waals surface area contributed by atoms with Gasteiger partial charge >= 0.3 is 0 Å². The molecule has 1 aliphatic rings. The number of carbonyl (C=O) groups excluding carboxylic acids is 1. The molecule has 1 heterocycles. The van der Waals surface area contributed by atoms with E-state index in [-0.39, 0.29) is 23.4 Å². The Kier molecular flexibility index (Phi) is 3.24. The van der Waals surface area contributed by atoms with Crippen LogP contribution in [0, 0.1) is 17.2 Å². The van der Waals surface area contributed by atoms with Crippen LogP contribution in [0.1, 0.15) is 29.6 Å². The molecule has 1 aromatic heterocycles. The third kappa shape index (κ3) is 2.53. The Bertz CT molecular complexity index is 515. The highest BCUT2D eigenvalue weighted by molar-refractivity contribution is 5.94. The van der Waals surface area contributed by atoms with Crippen LogP contribution < -0.4 is 10.9 Å². The molecule has 2 N–H and O–H groups in total. The minimum absolute atomic E-state index is 0.0909. The number of amides is 1. The van der Waals surface area contributed by atoms with Gasteiger partial charge in [0.05, 0.1) is 12.0 Å². The maximum Gasteiger partial charge on any atom is 0.251 e. The Labute approximate surface area is 98.5 Å². The first-order chi connectivity index (χ1) is 8.20. The van der Waals surface area contributed by atoms with Crippen LogP contribution in [0.15, 0.2) is 23.1 Å². The van der Waals surface area contributed by atoms with Gasteiger partial charge in [-0.25, -0.2) is 0 Å². The van der Waals surface area contributed by atoms with E-state index >= 15 is 0 Å². The number of H-pyrrole nitrogens is 1. The number of pyridine rings is 1. The second-order valence-electron chi connectivity index (χ2n) is 4.19. The van der Waals surface area contributed by atoms with Gasteiger partial charge < -0.3 is 10.3 Å². The third-order valence-electron chi connectivity index (χ3n) is 3.04. The largest absolute Gasteiger partial charge is 0.348 e. The number of nitrogens with zero attached hydrogens (tertiary/aromatic N) is 1. The summed E-state index contributed by atoms with van der Waals surface area (Å²) >= 11 is 0. The smallest absolute Gasteiger partial charge is 0.251 e. The number of aromatic amines is 1. The third-order valence-corrected chi connectivity index (χ3v) is 3.04. The Morgan fingerprint density at radius 1 is 1.53 bits per heavy atom. The summed E-state index contributed by atoms with van der Waals surface area (Å²) in [5.74, 6) is -0.399. The zero-order valence-corrected chi connectivity index (χ0v) is 9.27. The van der Waals surface area contributed by atoms with Crippen molar-refractivity contribution in [2.24, 2.45) is 5.92 Å². The van der Waals surface area contributed by atoms with Crippen molar-refractivity contribution in [3.63, 3.8) is 0 Å².